The Kier molecular flexibility index (Phi) is 13.7. The zero-order chi connectivity index (χ0) is 12.8. The van der Waals surface area contributed by atoms with Crippen LogP contribution in [0.3, 0.4) is 0 Å². The Bertz CT molecular complexity index is 172. The summed E-state index contributed by atoms with van der Waals surface area (Å²) < 4.78 is 5.14. The zero-order valence-corrected chi connectivity index (χ0v) is 12.1. The fraction of sp³-hybridized carbons (Fsp3) is 0.929. The summed E-state index contributed by atoms with van der Waals surface area (Å²) in [5.74, 6) is 0.980. The number of hydrogen-bond acceptors (Lipinski definition) is 3. The molecule has 0 saturated carbocycles. The van der Waals surface area contributed by atoms with Gasteiger partial charge in [0.15, 0.2) is 0 Å². The van der Waals surface area contributed by atoms with Crippen LogP contribution in [0.2, 0.25) is 0 Å². The molecule has 2 nitrogen and oxygen atoms in total. The Labute approximate surface area is 112 Å². The summed E-state index contributed by atoms with van der Waals surface area (Å²) in [4.78, 5) is 11.2. The number of thiol groups is 1. The van der Waals surface area contributed by atoms with Crippen LogP contribution in [0.5, 0.6) is 0 Å². The molecule has 0 aliphatic rings. The summed E-state index contributed by atoms with van der Waals surface area (Å²) >= 11 is 4.19. The first-order valence-electron chi connectivity index (χ1n) is 7.07. The van der Waals surface area contributed by atoms with Gasteiger partial charge in [0.1, 0.15) is 0 Å². The monoisotopic (exact) mass is 260 g/mol. The fourth-order valence-corrected chi connectivity index (χ4v) is 1.90. The van der Waals surface area contributed by atoms with Crippen molar-refractivity contribution in [2.45, 2.75) is 71.1 Å². The molecule has 0 radical (unpaired) electrons. The zero-order valence-electron chi connectivity index (χ0n) is 11.2. The third-order valence-corrected chi connectivity index (χ3v) is 3.12. The van der Waals surface area contributed by atoms with E-state index in [1.165, 1.54) is 38.5 Å². The Hall–Kier alpha value is -0.180. The number of hydrogen-bond donors (Lipinski definition) is 1. The maximum Gasteiger partial charge on any atom is 0.305 e. The molecule has 0 saturated heterocycles. The summed E-state index contributed by atoms with van der Waals surface area (Å²) in [7, 11) is 0. The summed E-state index contributed by atoms with van der Waals surface area (Å²) in [6.07, 6.45) is 11.2. The normalized spacial score (nSPS) is 10.5. The molecule has 102 valence electrons. The van der Waals surface area contributed by atoms with Gasteiger partial charge in [-0.25, -0.2) is 0 Å². The highest BCUT2D eigenvalue weighted by atomic mass is 32.1. The van der Waals surface area contributed by atoms with Gasteiger partial charge in [-0.05, 0) is 25.0 Å². The van der Waals surface area contributed by atoms with Gasteiger partial charge in [-0.3, -0.25) is 4.79 Å². The number of ether oxygens (including phenoxy) is 1. The third-order valence-electron chi connectivity index (χ3n) is 2.80. The van der Waals surface area contributed by atoms with Crippen molar-refractivity contribution in [2.75, 3.05) is 12.4 Å². The number of esters is 1. The van der Waals surface area contributed by atoms with E-state index in [1.807, 2.05) is 0 Å². The second-order valence-corrected chi connectivity index (χ2v) is 4.97. The molecule has 3 heteroatoms. The first-order valence-corrected chi connectivity index (χ1v) is 7.71. The van der Waals surface area contributed by atoms with E-state index in [4.69, 9.17) is 4.74 Å². The van der Waals surface area contributed by atoms with Gasteiger partial charge in [-0.15, -0.1) is 0 Å². The van der Waals surface area contributed by atoms with Crippen molar-refractivity contribution >= 4 is 18.6 Å². The maximum atomic E-state index is 11.2. The molecule has 0 aromatic carbocycles. The van der Waals surface area contributed by atoms with Crippen LogP contribution in [0.25, 0.3) is 0 Å². The Morgan fingerprint density at radius 1 is 0.941 bits per heavy atom. The van der Waals surface area contributed by atoms with E-state index in [0.29, 0.717) is 13.0 Å². The van der Waals surface area contributed by atoms with Crippen molar-refractivity contribution in [3.8, 4) is 0 Å². The molecular formula is C14H28O2S. The second-order valence-electron chi connectivity index (χ2n) is 4.52. The van der Waals surface area contributed by atoms with Crippen LogP contribution in [-0.2, 0) is 9.53 Å². The molecule has 0 atom stereocenters. The average molecular weight is 260 g/mol. The summed E-state index contributed by atoms with van der Waals surface area (Å²) in [6, 6.07) is 0. The van der Waals surface area contributed by atoms with Crippen LogP contribution in [0.4, 0.5) is 0 Å². The van der Waals surface area contributed by atoms with Gasteiger partial charge in [0.25, 0.3) is 0 Å². The minimum Gasteiger partial charge on any atom is -0.466 e. The molecular weight excluding hydrogens is 232 g/mol. The van der Waals surface area contributed by atoms with Crippen molar-refractivity contribution in [2.24, 2.45) is 0 Å². The minimum absolute atomic E-state index is 0.0272. The Morgan fingerprint density at radius 2 is 1.53 bits per heavy atom. The average Bonchev–Trinajstić information content (AvgIpc) is 2.34. The van der Waals surface area contributed by atoms with E-state index >= 15 is 0 Å². The molecule has 0 rings (SSSR count). The number of carbonyl (C=O) groups is 1. The van der Waals surface area contributed by atoms with Gasteiger partial charge < -0.3 is 4.74 Å². The smallest absolute Gasteiger partial charge is 0.305 e. The molecule has 0 N–H and O–H groups in total. The maximum absolute atomic E-state index is 11.2. The van der Waals surface area contributed by atoms with Crippen LogP contribution in [0, 0.1) is 0 Å². The predicted octanol–water partition coefficient (Wildman–Crippen LogP) is 4.38. The van der Waals surface area contributed by atoms with E-state index in [1.54, 1.807) is 0 Å². The highest BCUT2D eigenvalue weighted by Gasteiger charge is 2.00. The lowest BCUT2D eigenvalue weighted by Gasteiger charge is -2.04. The van der Waals surface area contributed by atoms with Gasteiger partial charge in [-0.2, -0.15) is 12.6 Å². The van der Waals surface area contributed by atoms with Crippen LogP contribution < -0.4 is 0 Å². The molecule has 0 amide bonds. The second kappa shape index (κ2) is 13.9. The highest BCUT2D eigenvalue weighted by molar-refractivity contribution is 7.80. The third kappa shape index (κ3) is 13.8. The molecule has 0 bridgehead atoms. The number of rotatable bonds is 12. The van der Waals surface area contributed by atoms with Crippen LogP contribution in [-0.4, -0.2) is 18.3 Å². The topological polar surface area (TPSA) is 26.3 Å². The molecule has 17 heavy (non-hydrogen) atoms. The Morgan fingerprint density at radius 3 is 2.12 bits per heavy atom. The van der Waals surface area contributed by atoms with Gasteiger partial charge in [0.2, 0.25) is 0 Å². The first-order chi connectivity index (χ1) is 8.31. The lowest BCUT2D eigenvalue weighted by atomic mass is 10.1. The van der Waals surface area contributed by atoms with Crippen molar-refractivity contribution in [1.82, 2.24) is 0 Å². The van der Waals surface area contributed by atoms with Gasteiger partial charge in [0.05, 0.1) is 6.61 Å². The summed E-state index contributed by atoms with van der Waals surface area (Å²) in [6.45, 7) is 2.69. The van der Waals surface area contributed by atoms with Crippen molar-refractivity contribution in [1.29, 1.82) is 0 Å². The standard InChI is InChI=1S/C14H28O2S/c1-2-3-11-14(15)16-12-9-7-5-4-6-8-10-13-17/h17H,2-13H2,1H3. The highest BCUT2D eigenvalue weighted by Crippen LogP contribution is 2.08. The SMILES string of the molecule is CCCCC(=O)OCCCCCCCCCS. The Balaban J connectivity index is 3.05. The van der Waals surface area contributed by atoms with E-state index in [0.717, 1.165) is 25.0 Å². The summed E-state index contributed by atoms with van der Waals surface area (Å²) in [5, 5.41) is 0. The molecule has 0 heterocycles. The number of unbranched alkanes of at least 4 members (excludes halogenated alkanes) is 7. The van der Waals surface area contributed by atoms with E-state index < -0.39 is 0 Å². The molecule has 0 unspecified atom stereocenters. The van der Waals surface area contributed by atoms with E-state index in [-0.39, 0.29) is 5.97 Å². The quantitative estimate of drug-likeness (QED) is 0.320. The first kappa shape index (κ1) is 16.8. The van der Waals surface area contributed by atoms with E-state index in [9.17, 15) is 4.79 Å². The van der Waals surface area contributed by atoms with Crippen molar-refractivity contribution < 1.29 is 9.53 Å². The van der Waals surface area contributed by atoms with Crippen LogP contribution in [0.15, 0.2) is 0 Å². The van der Waals surface area contributed by atoms with Gasteiger partial charge >= 0.3 is 5.97 Å². The van der Waals surface area contributed by atoms with Crippen molar-refractivity contribution in [3.63, 3.8) is 0 Å². The molecule has 0 aromatic rings. The van der Waals surface area contributed by atoms with Gasteiger partial charge in [-0.1, -0.05) is 45.4 Å². The largest absolute Gasteiger partial charge is 0.466 e. The van der Waals surface area contributed by atoms with Gasteiger partial charge in [0, 0.05) is 6.42 Å². The van der Waals surface area contributed by atoms with Crippen LogP contribution >= 0.6 is 12.6 Å². The molecule has 0 fully saturated rings. The van der Waals surface area contributed by atoms with Crippen LogP contribution in [0.1, 0.15) is 71.1 Å². The number of carbonyl (C=O) groups excluding carboxylic acids is 1. The lowest BCUT2D eigenvalue weighted by Crippen LogP contribution is -2.05. The lowest BCUT2D eigenvalue weighted by molar-refractivity contribution is -0.143. The molecule has 0 aliphatic heterocycles. The minimum atomic E-state index is -0.0272. The van der Waals surface area contributed by atoms with E-state index in [2.05, 4.69) is 19.6 Å². The predicted molar refractivity (Wildman–Crippen MR) is 76.7 cm³/mol. The summed E-state index contributed by atoms with van der Waals surface area (Å²) in [5.41, 5.74) is 0. The molecule has 0 aromatic heterocycles. The molecule has 0 aliphatic carbocycles. The fourth-order valence-electron chi connectivity index (χ4n) is 1.68. The molecule has 0 spiro atoms. The van der Waals surface area contributed by atoms with Crippen molar-refractivity contribution in [3.05, 3.63) is 0 Å².